The van der Waals surface area contributed by atoms with Gasteiger partial charge in [-0.2, -0.15) is 0 Å². The molecule has 1 aliphatic carbocycles. The van der Waals surface area contributed by atoms with Gasteiger partial charge in [-0.1, -0.05) is 6.07 Å². The number of amides is 2. The molecule has 2 aliphatic heterocycles. The SMILES string of the molecule is O=C(C1CC1)N1CCC[C@@H](C(=O)N2CCCc3ccc([N+](=O)[O-])cc32)C1. The summed E-state index contributed by atoms with van der Waals surface area (Å²) in [5.74, 6) is 0.149. The molecule has 26 heavy (non-hydrogen) atoms. The molecule has 0 radical (unpaired) electrons. The van der Waals surface area contributed by atoms with Crippen molar-refractivity contribution in [3.63, 3.8) is 0 Å². The lowest BCUT2D eigenvalue weighted by Crippen LogP contribution is -2.48. The third-order valence-corrected chi connectivity index (χ3v) is 5.67. The molecule has 4 rings (SSSR count). The van der Waals surface area contributed by atoms with Crippen LogP contribution in [0.15, 0.2) is 18.2 Å². The van der Waals surface area contributed by atoms with Crippen molar-refractivity contribution in [2.75, 3.05) is 24.5 Å². The number of piperidine rings is 1. The number of anilines is 1. The molecular weight excluding hydrogens is 334 g/mol. The molecule has 2 amide bonds. The van der Waals surface area contributed by atoms with E-state index in [1.165, 1.54) is 12.1 Å². The number of likely N-dealkylation sites (tertiary alicyclic amines) is 1. The number of nitro benzene ring substituents is 1. The van der Waals surface area contributed by atoms with E-state index in [0.29, 0.717) is 18.8 Å². The normalized spacial score (nSPS) is 22.7. The van der Waals surface area contributed by atoms with E-state index < -0.39 is 4.92 Å². The van der Waals surface area contributed by atoms with Gasteiger partial charge < -0.3 is 9.80 Å². The van der Waals surface area contributed by atoms with Crippen LogP contribution in [0.3, 0.4) is 0 Å². The zero-order chi connectivity index (χ0) is 18.3. The summed E-state index contributed by atoms with van der Waals surface area (Å²) >= 11 is 0. The number of hydrogen-bond donors (Lipinski definition) is 0. The number of carbonyl (C=O) groups is 2. The van der Waals surface area contributed by atoms with Crippen LogP contribution in [0.1, 0.15) is 37.7 Å². The van der Waals surface area contributed by atoms with Gasteiger partial charge in [-0.25, -0.2) is 0 Å². The number of hydrogen-bond acceptors (Lipinski definition) is 4. The van der Waals surface area contributed by atoms with E-state index in [1.807, 2.05) is 4.90 Å². The lowest BCUT2D eigenvalue weighted by molar-refractivity contribution is -0.384. The second-order valence-corrected chi connectivity index (χ2v) is 7.56. The molecule has 0 bridgehead atoms. The van der Waals surface area contributed by atoms with Gasteiger partial charge in [0.1, 0.15) is 0 Å². The van der Waals surface area contributed by atoms with Gasteiger partial charge in [-0.05, 0) is 44.1 Å². The summed E-state index contributed by atoms with van der Waals surface area (Å²) < 4.78 is 0. The molecule has 0 unspecified atom stereocenters. The smallest absolute Gasteiger partial charge is 0.271 e. The van der Waals surface area contributed by atoms with Gasteiger partial charge >= 0.3 is 0 Å². The minimum absolute atomic E-state index is 0.000236. The van der Waals surface area contributed by atoms with Crippen LogP contribution in [-0.2, 0) is 16.0 Å². The number of nitro groups is 1. The van der Waals surface area contributed by atoms with Crippen LogP contribution in [-0.4, -0.2) is 41.3 Å². The second-order valence-electron chi connectivity index (χ2n) is 7.56. The molecule has 138 valence electrons. The average molecular weight is 357 g/mol. The number of fused-ring (bicyclic) bond motifs is 1. The van der Waals surface area contributed by atoms with Gasteiger partial charge in [0.25, 0.3) is 5.69 Å². The van der Waals surface area contributed by atoms with Crippen molar-refractivity contribution in [1.82, 2.24) is 4.90 Å². The minimum Gasteiger partial charge on any atom is -0.342 e. The Labute approximate surface area is 152 Å². The van der Waals surface area contributed by atoms with Gasteiger partial charge in [0.2, 0.25) is 11.8 Å². The monoisotopic (exact) mass is 357 g/mol. The number of carbonyl (C=O) groups excluding carboxylic acids is 2. The van der Waals surface area contributed by atoms with E-state index in [2.05, 4.69) is 0 Å². The molecular formula is C19H23N3O4. The lowest BCUT2D eigenvalue weighted by atomic mass is 9.93. The molecule has 0 spiro atoms. The highest BCUT2D eigenvalue weighted by Gasteiger charge is 2.38. The number of rotatable bonds is 3. The summed E-state index contributed by atoms with van der Waals surface area (Å²) in [4.78, 5) is 39.8. The maximum absolute atomic E-state index is 13.2. The molecule has 7 nitrogen and oxygen atoms in total. The van der Waals surface area contributed by atoms with Crippen molar-refractivity contribution in [3.05, 3.63) is 33.9 Å². The van der Waals surface area contributed by atoms with Crippen molar-refractivity contribution in [2.24, 2.45) is 11.8 Å². The second kappa shape index (κ2) is 6.70. The number of benzene rings is 1. The van der Waals surface area contributed by atoms with Crippen molar-refractivity contribution in [3.8, 4) is 0 Å². The topological polar surface area (TPSA) is 83.8 Å². The summed E-state index contributed by atoms with van der Waals surface area (Å²) in [5, 5.41) is 11.1. The lowest BCUT2D eigenvalue weighted by Gasteiger charge is -2.37. The van der Waals surface area contributed by atoms with Gasteiger partial charge in [0.05, 0.1) is 16.5 Å². The van der Waals surface area contributed by atoms with Crippen LogP contribution in [0.5, 0.6) is 0 Å². The Balaban J connectivity index is 1.54. The molecule has 1 atom stereocenters. The first-order valence-electron chi connectivity index (χ1n) is 9.42. The molecule has 2 fully saturated rings. The average Bonchev–Trinajstić information content (AvgIpc) is 3.51. The van der Waals surface area contributed by atoms with E-state index >= 15 is 0 Å². The van der Waals surface area contributed by atoms with Crippen molar-refractivity contribution in [1.29, 1.82) is 0 Å². The van der Waals surface area contributed by atoms with Crippen molar-refractivity contribution < 1.29 is 14.5 Å². The zero-order valence-corrected chi connectivity index (χ0v) is 14.7. The molecule has 7 heteroatoms. The highest BCUT2D eigenvalue weighted by atomic mass is 16.6. The highest BCUT2D eigenvalue weighted by molar-refractivity contribution is 5.97. The van der Waals surface area contributed by atoms with Crippen LogP contribution in [0.2, 0.25) is 0 Å². The maximum Gasteiger partial charge on any atom is 0.271 e. The highest BCUT2D eigenvalue weighted by Crippen LogP contribution is 2.35. The Hall–Kier alpha value is -2.44. The maximum atomic E-state index is 13.2. The Morgan fingerprint density at radius 1 is 1.04 bits per heavy atom. The fourth-order valence-corrected chi connectivity index (χ4v) is 4.09. The van der Waals surface area contributed by atoms with Gasteiger partial charge in [0, 0.05) is 37.7 Å². The van der Waals surface area contributed by atoms with Crippen LogP contribution in [0.4, 0.5) is 11.4 Å². The summed E-state index contributed by atoms with van der Waals surface area (Å²) in [6, 6.07) is 4.78. The Bertz CT molecular complexity index is 759. The summed E-state index contributed by atoms with van der Waals surface area (Å²) in [7, 11) is 0. The first-order valence-corrected chi connectivity index (χ1v) is 9.42. The molecule has 0 N–H and O–H groups in total. The molecule has 2 heterocycles. The Kier molecular flexibility index (Phi) is 4.38. The molecule has 1 saturated carbocycles. The van der Waals surface area contributed by atoms with Crippen molar-refractivity contribution >= 4 is 23.2 Å². The molecule has 1 aromatic carbocycles. The van der Waals surface area contributed by atoms with Gasteiger partial charge in [-0.15, -0.1) is 0 Å². The number of nitrogens with zero attached hydrogens (tertiary/aromatic N) is 3. The standard InChI is InChI=1S/C19H23N3O4/c23-18(14-5-6-14)20-9-1-4-15(12-20)19(24)21-10-2-3-13-7-8-16(22(25)26)11-17(13)21/h7-8,11,14-15H,1-6,9-10,12H2/t15-/m1/s1. The number of aryl methyl sites for hydroxylation is 1. The third-order valence-electron chi connectivity index (χ3n) is 5.67. The largest absolute Gasteiger partial charge is 0.342 e. The first-order chi connectivity index (χ1) is 12.5. The summed E-state index contributed by atoms with van der Waals surface area (Å²) in [6.45, 7) is 1.80. The predicted molar refractivity (Wildman–Crippen MR) is 95.8 cm³/mol. The van der Waals surface area contributed by atoms with Gasteiger partial charge in [0.15, 0.2) is 0 Å². The predicted octanol–water partition coefficient (Wildman–Crippen LogP) is 2.52. The Morgan fingerprint density at radius 2 is 1.85 bits per heavy atom. The fraction of sp³-hybridized carbons (Fsp3) is 0.579. The van der Waals surface area contributed by atoms with E-state index in [9.17, 15) is 19.7 Å². The first kappa shape index (κ1) is 17.0. The van der Waals surface area contributed by atoms with Crippen LogP contribution >= 0.6 is 0 Å². The van der Waals surface area contributed by atoms with E-state index in [0.717, 1.165) is 50.6 Å². The van der Waals surface area contributed by atoms with Crippen LogP contribution in [0.25, 0.3) is 0 Å². The van der Waals surface area contributed by atoms with Gasteiger partial charge in [-0.3, -0.25) is 19.7 Å². The molecule has 0 aromatic heterocycles. The Morgan fingerprint density at radius 3 is 2.58 bits per heavy atom. The molecule has 1 aromatic rings. The summed E-state index contributed by atoms with van der Waals surface area (Å²) in [6.07, 6.45) is 5.23. The van der Waals surface area contributed by atoms with E-state index in [4.69, 9.17) is 0 Å². The van der Waals surface area contributed by atoms with Crippen LogP contribution in [0, 0.1) is 22.0 Å². The molecule has 3 aliphatic rings. The van der Waals surface area contributed by atoms with Crippen molar-refractivity contribution in [2.45, 2.75) is 38.5 Å². The van der Waals surface area contributed by atoms with E-state index in [1.54, 1.807) is 11.0 Å². The minimum atomic E-state index is -0.422. The van der Waals surface area contributed by atoms with Crippen LogP contribution < -0.4 is 4.90 Å². The quantitative estimate of drug-likeness (QED) is 0.615. The fourth-order valence-electron chi connectivity index (χ4n) is 4.09. The third kappa shape index (κ3) is 3.18. The summed E-state index contributed by atoms with van der Waals surface area (Å²) in [5.41, 5.74) is 1.66. The molecule has 1 saturated heterocycles. The zero-order valence-electron chi connectivity index (χ0n) is 14.7. The van der Waals surface area contributed by atoms with E-state index in [-0.39, 0.29) is 29.3 Å². The number of non-ortho nitro benzene ring substituents is 1.